The van der Waals surface area contributed by atoms with Crippen molar-refractivity contribution in [3.63, 3.8) is 0 Å². The Balaban J connectivity index is 0.000000468. The second-order valence-electron chi connectivity index (χ2n) is 8.97. The van der Waals surface area contributed by atoms with Crippen LogP contribution in [-0.2, 0) is 4.74 Å². The quantitative estimate of drug-likeness (QED) is 0.336. The highest BCUT2D eigenvalue weighted by atomic mass is 32.2. The summed E-state index contributed by atoms with van der Waals surface area (Å²) in [6.45, 7) is 3.11. The number of rotatable bonds is 8. The van der Waals surface area contributed by atoms with Gasteiger partial charge in [-0.2, -0.15) is 0 Å². The van der Waals surface area contributed by atoms with E-state index in [1.54, 1.807) is 47.2 Å². The van der Waals surface area contributed by atoms with E-state index in [2.05, 4.69) is 0 Å². The molecular weight excluding hydrogens is 494 g/mol. The molecule has 1 aliphatic heterocycles. The van der Waals surface area contributed by atoms with E-state index < -0.39 is 6.10 Å². The average molecular weight is 529 g/mol. The van der Waals surface area contributed by atoms with E-state index in [4.69, 9.17) is 4.74 Å². The Labute approximate surface area is 222 Å². The van der Waals surface area contributed by atoms with Gasteiger partial charge in [0.25, 0.3) is 0 Å². The first-order chi connectivity index (χ1) is 17.8. The van der Waals surface area contributed by atoms with Crippen molar-refractivity contribution in [2.45, 2.75) is 38.0 Å². The van der Waals surface area contributed by atoms with Gasteiger partial charge in [-0.15, -0.1) is 0 Å². The molecule has 1 amide bonds. The van der Waals surface area contributed by atoms with Crippen LogP contribution >= 0.6 is 11.9 Å². The standard InChI is InChI=1S/C23H29FN2O3S.C6H5F/c1-16(17-4-6-18(7-5-17)19-8-10-20(24)11-9-19)26-13-12-22(29-23(26)28)14-21(27)15-25(2)30-3;7-6-4-2-1-3-5-6/h4-11,16,21-22,27H,12-15H2,1-3H3;1-5H. The Morgan fingerprint density at radius 1 is 1.00 bits per heavy atom. The smallest absolute Gasteiger partial charge is 0.410 e. The Bertz CT molecular complexity index is 1100. The van der Waals surface area contributed by atoms with E-state index in [1.165, 1.54) is 24.3 Å². The normalized spacial score (nSPS) is 17.0. The minimum atomic E-state index is -0.525. The first-order valence-corrected chi connectivity index (χ1v) is 13.4. The number of amides is 1. The van der Waals surface area contributed by atoms with Gasteiger partial charge in [-0.05, 0) is 61.2 Å². The number of hydrogen-bond acceptors (Lipinski definition) is 5. The number of halogens is 2. The summed E-state index contributed by atoms with van der Waals surface area (Å²) >= 11 is 1.56. The average Bonchev–Trinajstić information content (AvgIpc) is 2.89. The summed E-state index contributed by atoms with van der Waals surface area (Å²) in [5, 5.41) is 10.2. The van der Waals surface area contributed by atoms with Gasteiger partial charge in [0.15, 0.2) is 0 Å². The summed E-state index contributed by atoms with van der Waals surface area (Å²) in [4.78, 5) is 14.3. The Hall–Kier alpha value is -2.94. The largest absolute Gasteiger partial charge is 0.446 e. The predicted molar refractivity (Wildman–Crippen MR) is 145 cm³/mol. The molecule has 3 aromatic rings. The van der Waals surface area contributed by atoms with Crippen LogP contribution in [0.4, 0.5) is 13.6 Å². The van der Waals surface area contributed by atoms with Crippen molar-refractivity contribution in [3.05, 3.63) is 96.1 Å². The number of aliphatic hydroxyl groups excluding tert-OH is 1. The van der Waals surface area contributed by atoms with Crippen LogP contribution in [0.1, 0.15) is 31.4 Å². The molecular formula is C29H34F2N2O3S. The SMILES string of the molecule is CSN(C)CC(O)CC1CCN(C(C)c2ccc(-c3ccc(F)cc3)cc2)C(=O)O1.Fc1ccccc1. The lowest BCUT2D eigenvalue weighted by molar-refractivity contribution is -0.00986. The molecule has 4 rings (SSSR count). The zero-order chi connectivity index (χ0) is 26.8. The van der Waals surface area contributed by atoms with Gasteiger partial charge < -0.3 is 14.7 Å². The molecule has 0 aliphatic carbocycles. The van der Waals surface area contributed by atoms with Crippen LogP contribution in [0.2, 0.25) is 0 Å². The van der Waals surface area contributed by atoms with Crippen molar-refractivity contribution in [1.82, 2.24) is 9.21 Å². The van der Waals surface area contributed by atoms with E-state index in [0.29, 0.717) is 25.9 Å². The first-order valence-electron chi connectivity index (χ1n) is 12.2. The topological polar surface area (TPSA) is 53.0 Å². The fourth-order valence-corrected chi connectivity index (χ4v) is 4.42. The Morgan fingerprint density at radius 2 is 1.57 bits per heavy atom. The lowest BCUT2D eigenvalue weighted by Gasteiger charge is -2.36. The third-order valence-corrected chi connectivity index (χ3v) is 7.05. The summed E-state index contributed by atoms with van der Waals surface area (Å²) in [6, 6.07) is 22.2. The van der Waals surface area contributed by atoms with Crippen LogP contribution in [0.5, 0.6) is 0 Å². The zero-order valence-electron chi connectivity index (χ0n) is 21.4. The number of likely N-dealkylation sites (N-methyl/N-ethyl adjacent to an activating group) is 1. The van der Waals surface area contributed by atoms with Crippen molar-refractivity contribution in [2.75, 3.05) is 26.4 Å². The first kappa shape index (κ1) is 28.6. The molecule has 0 spiro atoms. The van der Waals surface area contributed by atoms with Crippen molar-refractivity contribution >= 4 is 18.0 Å². The number of aliphatic hydroxyl groups is 1. The van der Waals surface area contributed by atoms with Crippen LogP contribution in [0.15, 0.2) is 78.9 Å². The van der Waals surface area contributed by atoms with E-state index in [-0.39, 0.29) is 29.9 Å². The number of hydrogen-bond donors (Lipinski definition) is 1. The molecule has 3 atom stereocenters. The minimum absolute atomic E-state index is 0.117. The Kier molecular flexibility index (Phi) is 10.9. The molecule has 1 heterocycles. The van der Waals surface area contributed by atoms with Crippen molar-refractivity contribution in [2.24, 2.45) is 0 Å². The van der Waals surface area contributed by atoms with Gasteiger partial charge >= 0.3 is 6.09 Å². The van der Waals surface area contributed by atoms with Gasteiger partial charge in [-0.1, -0.05) is 66.5 Å². The molecule has 198 valence electrons. The fraction of sp³-hybridized carbons (Fsp3) is 0.345. The van der Waals surface area contributed by atoms with Crippen LogP contribution in [0.3, 0.4) is 0 Å². The van der Waals surface area contributed by atoms with E-state index in [1.807, 2.05) is 48.8 Å². The van der Waals surface area contributed by atoms with Gasteiger partial charge in [0.2, 0.25) is 0 Å². The number of carbonyl (C=O) groups is 1. The van der Waals surface area contributed by atoms with Crippen LogP contribution < -0.4 is 0 Å². The van der Waals surface area contributed by atoms with Gasteiger partial charge in [0.1, 0.15) is 17.7 Å². The molecule has 0 aromatic heterocycles. The highest BCUT2D eigenvalue weighted by molar-refractivity contribution is 7.96. The van der Waals surface area contributed by atoms with Crippen molar-refractivity contribution in [3.8, 4) is 11.1 Å². The number of benzene rings is 3. The number of cyclic esters (lactones) is 1. The third kappa shape index (κ3) is 8.84. The summed E-state index contributed by atoms with van der Waals surface area (Å²) in [6.07, 6.45) is 1.98. The molecule has 0 bridgehead atoms. The number of nitrogens with zero attached hydrogens (tertiary/aromatic N) is 2. The maximum Gasteiger partial charge on any atom is 0.410 e. The molecule has 3 unspecified atom stereocenters. The van der Waals surface area contributed by atoms with Crippen LogP contribution in [0, 0.1) is 11.6 Å². The summed E-state index contributed by atoms with van der Waals surface area (Å²) < 4.78 is 32.6. The van der Waals surface area contributed by atoms with Crippen molar-refractivity contribution < 1.29 is 23.4 Å². The third-order valence-electron chi connectivity index (χ3n) is 6.28. The molecule has 1 aliphatic rings. The van der Waals surface area contributed by atoms with E-state index >= 15 is 0 Å². The zero-order valence-corrected chi connectivity index (χ0v) is 22.2. The summed E-state index contributed by atoms with van der Waals surface area (Å²) in [5.41, 5.74) is 2.95. The summed E-state index contributed by atoms with van der Waals surface area (Å²) in [5.74, 6) is -0.433. The molecule has 1 saturated heterocycles. The molecule has 1 N–H and O–H groups in total. The van der Waals surface area contributed by atoms with Gasteiger partial charge in [-0.3, -0.25) is 4.31 Å². The van der Waals surface area contributed by atoms with Gasteiger partial charge in [0, 0.05) is 25.9 Å². The maximum absolute atomic E-state index is 13.1. The summed E-state index contributed by atoms with van der Waals surface area (Å²) in [7, 11) is 1.92. The second kappa shape index (κ2) is 14.1. The number of ether oxygens (including phenoxy) is 1. The fourth-order valence-electron chi connectivity index (χ4n) is 4.10. The Morgan fingerprint density at radius 3 is 2.08 bits per heavy atom. The molecule has 37 heavy (non-hydrogen) atoms. The minimum Gasteiger partial charge on any atom is -0.446 e. The lowest BCUT2D eigenvalue weighted by atomic mass is 10.00. The van der Waals surface area contributed by atoms with Gasteiger partial charge in [-0.25, -0.2) is 13.6 Å². The highest BCUT2D eigenvalue weighted by Gasteiger charge is 2.32. The molecule has 8 heteroatoms. The molecule has 1 fully saturated rings. The van der Waals surface area contributed by atoms with Crippen LogP contribution in [0.25, 0.3) is 11.1 Å². The molecule has 3 aromatic carbocycles. The predicted octanol–water partition coefficient (Wildman–Crippen LogP) is 6.55. The van der Waals surface area contributed by atoms with Crippen molar-refractivity contribution in [1.29, 1.82) is 0 Å². The van der Waals surface area contributed by atoms with Gasteiger partial charge in [0.05, 0.1) is 12.1 Å². The molecule has 0 radical (unpaired) electrons. The highest BCUT2D eigenvalue weighted by Crippen LogP contribution is 2.28. The van der Waals surface area contributed by atoms with E-state index in [9.17, 15) is 18.7 Å². The van der Waals surface area contributed by atoms with E-state index in [0.717, 1.165) is 16.7 Å². The maximum atomic E-state index is 13.1. The lowest BCUT2D eigenvalue weighted by Crippen LogP contribution is -2.44. The molecule has 5 nitrogen and oxygen atoms in total. The van der Waals surface area contributed by atoms with Crippen LogP contribution in [-0.4, -0.2) is 59.0 Å². The number of carbonyl (C=O) groups excluding carboxylic acids is 1. The monoisotopic (exact) mass is 528 g/mol. The molecule has 0 saturated carbocycles. The second-order valence-corrected chi connectivity index (χ2v) is 9.96.